The highest BCUT2D eigenvalue weighted by Gasteiger charge is 2.36. The van der Waals surface area contributed by atoms with Crippen LogP contribution in [0.15, 0.2) is 42.5 Å². The Morgan fingerprint density at radius 2 is 1.84 bits per heavy atom. The third-order valence-electron chi connectivity index (χ3n) is 5.94. The molecule has 1 aliphatic rings. The van der Waals surface area contributed by atoms with E-state index in [1.807, 2.05) is 0 Å². The van der Waals surface area contributed by atoms with Gasteiger partial charge in [-0.3, -0.25) is 14.5 Å². The quantitative estimate of drug-likeness (QED) is 0.477. The fraction of sp³-hybridized carbons (Fsp3) is 0.417. The standard InChI is InChI=1S/C24H27Cl3N2O3/c1-15-7-3-6-10-20(15)28-24(31)23(17-8-4-5-9-18(17)26)29(22(30)14-25)16-11-12-21(32-2)19(27)13-16/h4-5,8-9,11-13,15,20,23H,3,6-7,10,14H2,1-2H3,(H,28,31)/t15-,20-,23-/m0/s1. The maximum Gasteiger partial charge on any atom is 0.248 e. The number of rotatable bonds is 7. The van der Waals surface area contributed by atoms with E-state index in [1.165, 1.54) is 12.0 Å². The molecule has 0 heterocycles. The smallest absolute Gasteiger partial charge is 0.248 e. The second-order valence-electron chi connectivity index (χ2n) is 8.02. The molecule has 172 valence electrons. The van der Waals surface area contributed by atoms with Crippen molar-refractivity contribution in [3.8, 4) is 5.75 Å². The SMILES string of the molecule is COc1ccc(N(C(=O)CCl)[C@H](C(=O)N[C@H]2CCCC[C@@H]2C)c2ccccc2Cl)cc1Cl. The summed E-state index contributed by atoms with van der Waals surface area (Å²) in [6, 6.07) is 11.0. The highest BCUT2D eigenvalue weighted by atomic mass is 35.5. The zero-order valence-corrected chi connectivity index (χ0v) is 20.4. The summed E-state index contributed by atoms with van der Waals surface area (Å²) in [5.74, 6) is -0.236. The zero-order valence-electron chi connectivity index (χ0n) is 18.1. The van der Waals surface area contributed by atoms with Crippen LogP contribution in [-0.2, 0) is 9.59 Å². The van der Waals surface area contributed by atoms with Crippen molar-refractivity contribution in [2.24, 2.45) is 5.92 Å². The van der Waals surface area contributed by atoms with Crippen LogP contribution in [0, 0.1) is 5.92 Å². The Kier molecular flexibility index (Phi) is 8.69. The van der Waals surface area contributed by atoms with Crippen LogP contribution < -0.4 is 15.0 Å². The van der Waals surface area contributed by atoms with Gasteiger partial charge in [0, 0.05) is 22.3 Å². The number of hydrogen-bond acceptors (Lipinski definition) is 3. The maximum atomic E-state index is 13.7. The number of benzene rings is 2. The number of carbonyl (C=O) groups is 2. The molecular formula is C24H27Cl3N2O3. The first-order valence-corrected chi connectivity index (χ1v) is 11.9. The fourth-order valence-corrected chi connectivity index (χ4v) is 4.81. The second-order valence-corrected chi connectivity index (χ2v) is 9.10. The Balaban J connectivity index is 2.08. The number of hydrogen-bond donors (Lipinski definition) is 1. The Bertz CT molecular complexity index is 969. The molecule has 32 heavy (non-hydrogen) atoms. The molecule has 5 nitrogen and oxygen atoms in total. The molecule has 0 aliphatic heterocycles. The number of nitrogens with zero attached hydrogens (tertiary/aromatic N) is 1. The lowest BCUT2D eigenvalue weighted by Gasteiger charge is -2.35. The van der Waals surface area contributed by atoms with Crippen LogP contribution in [0.25, 0.3) is 0 Å². The number of methoxy groups -OCH3 is 1. The lowest BCUT2D eigenvalue weighted by Crippen LogP contribution is -2.49. The van der Waals surface area contributed by atoms with E-state index < -0.39 is 11.9 Å². The van der Waals surface area contributed by atoms with E-state index in [-0.39, 0.29) is 17.8 Å². The minimum Gasteiger partial charge on any atom is -0.495 e. The minimum atomic E-state index is -1.01. The molecule has 0 saturated heterocycles. The fourth-order valence-electron chi connectivity index (χ4n) is 4.19. The van der Waals surface area contributed by atoms with Crippen LogP contribution in [0.2, 0.25) is 10.0 Å². The van der Waals surface area contributed by atoms with E-state index >= 15 is 0 Å². The van der Waals surface area contributed by atoms with Gasteiger partial charge in [0.2, 0.25) is 11.8 Å². The molecule has 2 aromatic rings. The molecule has 0 bridgehead atoms. The summed E-state index contributed by atoms with van der Waals surface area (Å²) < 4.78 is 5.23. The Labute approximate surface area is 204 Å². The Hall–Kier alpha value is -1.95. The monoisotopic (exact) mass is 496 g/mol. The number of halogens is 3. The Morgan fingerprint density at radius 3 is 2.47 bits per heavy atom. The van der Waals surface area contributed by atoms with E-state index in [0.717, 1.165) is 25.7 Å². The van der Waals surface area contributed by atoms with Crippen molar-refractivity contribution in [2.75, 3.05) is 17.9 Å². The topological polar surface area (TPSA) is 58.6 Å². The first-order chi connectivity index (χ1) is 15.4. The van der Waals surface area contributed by atoms with Gasteiger partial charge in [0.15, 0.2) is 0 Å². The summed E-state index contributed by atoms with van der Waals surface area (Å²) in [5.41, 5.74) is 0.943. The van der Waals surface area contributed by atoms with Gasteiger partial charge in [-0.05, 0) is 43.0 Å². The zero-order chi connectivity index (χ0) is 23.3. The summed E-state index contributed by atoms with van der Waals surface area (Å²) in [5, 5.41) is 3.87. The van der Waals surface area contributed by atoms with Crippen molar-refractivity contribution in [3.63, 3.8) is 0 Å². The van der Waals surface area contributed by atoms with Gasteiger partial charge in [0.1, 0.15) is 17.7 Å². The van der Waals surface area contributed by atoms with Crippen molar-refractivity contribution in [2.45, 2.75) is 44.7 Å². The van der Waals surface area contributed by atoms with Gasteiger partial charge in [0.05, 0.1) is 12.1 Å². The third-order valence-corrected chi connectivity index (χ3v) is 6.81. The number of anilines is 1. The van der Waals surface area contributed by atoms with Crippen LogP contribution in [0.5, 0.6) is 5.75 Å². The van der Waals surface area contributed by atoms with Crippen molar-refractivity contribution < 1.29 is 14.3 Å². The molecule has 8 heteroatoms. The molecule has 0 spiro atoms. The summed E-state index contributed by atoms with van der Waals surface area (Å²) in [7, 11) is 1.51. The number of ether oxygens (including phenoxy) is 1. The number of carbonyl (C=O) groups excluding carboxylic acids is 2. The van der Waals surface area contributed by atoms with Crippen LogP contribution in [0.1, 0.15) is 44.2 Å². The molecule has 2 amide bonds. The van der Waals surface area contributed by atoms with E-state index in [1.54, 1.807) is 42.5 Å². The maximum absolute atomic E-state index is 13.7. The number of nitrogens with one attached hydrogen (secondary N) is 1. The van der Waals surface area contributed by atoms with Gasteiger partial charge in [-0.25, -0.2) is 0 Å². The van der Waals surface area contributed by atoms with Gasteiger partial charge < -0.3 is 10.1 Å². The largest absolute Gasteiger partial charge is 0.495 e. The van der Waals surface area contributed by atoms with Gasteiger partial charge in [-0.2, -0.15) is 0 Å². The van der Waals surface area contributed by atoms with Crippen LogP contribution in [-0.4, -0.2) is 30.8 Å². The molecule has 3 atom stereocenters. The lowest BCUT2D eigenvalue weighted by molar-refractivity contribution is -0.126. The van der Waals surface area contributed by atoms with E-state index in [9.17, 15) is 9.59 Å². The highest BCUT2D eigenvalue weighted by Crippen LogP contribution is 2.36. The van der Waals surface area contributed by atoms with Crippen LogP contribution >= 0.6 is 34.8 Å². The molecule has 2 aromatic carbocycles. The van der Waals surface area contributed by atoms with Crippen molar-refractivity contribution >= 4 is 52.3 Å². The molecule has 1 saturated carbocycles. The normalized spacial score (nSPS) is 19.2. The summed E-state index contributed by atoms with van der Waals surface area (Å²) in [4.78, 5) is 28.1. The Morgan fingerprint density at radius 1 is 1.12 bits per heavy atom. The average molecular weight is 498 g/mol. The number of amides is 2. The van der Waals surface area contributed by atoms with Crippen molar-refractivity contribution in [1.29, 1.82) is 0 Å². The molecular weight excluding hydrogens is 471 g/mol. The highest BCUT2D eigenvalue weighted by molar-refractivity contribution is 6.33. The molecule has 1 fully saturated rings. The molecule has 3 rings (SSSR count). The number of alkyl halides is 1. The third kappa shape index (κ3) is 5.51. The van der Waals surface area contributed by atoms with E-state index in [2.05, 4.69) is 12.2 Å². The van der Waals surface area contributed by atoms with Gasteiger partial charge in [-0.1, -0.05) is 61.2 Å². The van der Waals surface area contributed by atoms with Crippen LogP contribution in [0.3, 0.4) is 0 Å². The first kappa shape index (κ1) is 24.7. The lowest BCUT2D eigenvalue weighted by atomic mass is 9.85. The predicted octanol–water partition coefficient (Wildman–Crippen LogP) is 6.01. The van der Waals surface area contributed by atoms with Gasteiger partial charge in [-0.15, -0.1) is 11.6 Å². The molecule has 1 aliphatic carbocycles. The summed E-state index contributed by atoms with van der Waals surface area (Å²) in [6.07, 6.45) is 4.17. The van der Waals surface area contributed by atoms with Gasteiger partial charge >= 0.3 is 0 Å². The van der Waals surface area contributed by atoms with E-state index in [4.69, 9.17) is 39.5 Å². The van der Waals surface area contributed by atoms with Crippen LogP contribution in [0.4, 0.5) is 5.69 Å². The second kappa shape index (κ2) is 11.3. The molecule has 1 N–H and O–H groups in total. The molecule has 0 unspecified atom stereocenters. The average Bonchev–Trinajstić information content (AvgIpc) is 2.79. The van der Waals surface area contributed by atoms with Crippen molar-refractivity contribution in [1.82, 2.24) is 5.32 Å². The molecule has 0 radical (unpaired) electrons. The van der Waals surface area contributed by atoms with Crippen molar-refractivity contribution in [3.05, 3.63) is 58.1 Å². The first-order valence-electron chi connectivity index (χ1n) is 10.6. The summed E-state index contributed by atoms with van der Waals surface area (Å²) in [6.45, 7) is 2.14. The predicted molar refractivity (Wildman–Crippen MR) is 130 cm³/mol. The van der Waals surface area contributed by atoms with Gasteiger partial charge in [0.25, 0.3) is 0 Å². The molecule has 0 aromatic heterocycles. The summed E-state index contributed by atoms with van der Waals surface area (Å²) >= 11 is 18.8. The minimum absolute atomic E-state index is 0.0358. The van der Waals surface area contributed by atoms with E-state index in [0.29, 0.717) is 33.0 Å².